The lowest BCUT2D eigenvalue weighted by Gasteiger charge is -2.24. The minimum Gasteiger partial charge on any atom is -0.418 e. The Kier molecular flexibility index (Phi) is 7.44. The molecule has 0 aliphatic rings. The van der Waals surface area contributed by atoms with Crippen LogP contribution in [-0.2, 0) is 16.3 Å². The first-order valence-corrected chi connectivity index (χ1v) is 12.5. The minimum atomic E-state index is -2.57. The summed E-state index contributed by atoms with van der Waals surface area (Å²) in [5, 5.41) is 0.172. The highest BCUT2D eigenvalue weighted by Crippen LogP contribution is 2.65. The van der Waals surface area contributed by atoms with Gasteiger partial charge in [0.05, 0.1) is 6.61 Å². The quantitative estimate of drug-likeness (QED) is 0.507. The summed E-state index contributed by atoms with van der Waals surface area (Å²) in [6.45, 7) is 10.6. The van der Waals surface area contributed by atoms with Gasteiger partial charge in [-0.15, -0.1) is 0 Å². The summed E-state index contributed by atoms with van der Waals surface area (Å²) in [6, 6.07) is 12.1. The smallest absolute Gasteiger partial charge is 0.299 e. The Labute approximate surface area is 159 Å². The van der Waals surface area contributed by atoms with Gasteiger partial charge < -0.3 is 9.05 Å². The van der Waals surface area contributed by atoms with Crippen molar-refractivity contribution in [3.63, 3.8) is 0 Å². The van der Waals surface area contributed by atoms with E-state index in [-0.39, 0.29) is 11.2 Å². The van der Waals surface area contributed by atoms with Crippen molar-refractivity contribution in [1.29, 1.82) is 0 Å². The highest BCUT2D eigenvalue weighted by molar-refractivity contribution is 8.68. The van der Waals surface area contributed by atoms with E-state index >= 15 is 0 Å². The van der Waals surface area contributed by atoms with Crippen molar-refractivity contribution in [1.82, 2.24) is 9.97 Å². The second-order valence-electron chi connectivity index (χ2n) is 5.98. The third-order valence-corrected chi connectivity index (χ3v) is 8.82. The number of aromatic nitrogens is 2. The first kappa shape index (κ1) is 20.4. The Morgan fingerprint density at radius 1 is 1.16 bits per heavy atom. The van der Waals surface area contributed by atoms with E-state index in [1.54, 1.807) is 11.4 Å². The molecule has 136 valence electrons. The van der Waals surface area contributed by atoms with Crippen molar-refractivity contribution in [3.05, 3.63) is 53.5 Å². The van der Waals surface area contributed by atoms with Gasteiger partial charge in [-0.25, -0.2) is 4.98 Å². The zero-order chi connectivity index (χ0) is 18.4. The topological polar surface area (TPSA) is 44.2 Å². The Hall–Kier alpha value is -0.940. The summed E-state index contributed by atoms with van der Waals surface area (Å²) in [6.07, 6.45) is 0. The molecule has 0 saturated heterocycles. The first-order chi connectivity index (χ1) is 11.8. The lowest BCUT2D eigenvalue weighted by Crippen LogP contribution is -2.04. The monoisotopic (exact) mass is 396 g/mol. The summed E-state index contributed by atoms with van der Waals surface area (Å²) in [4.78, 5) is 8.97. The molecule has 0 radical (unpaired) electrons. The summed E-state index contributed by atoms with van der Waals surface area (Å²) in [7, 11) is 0. The van der Waals surface area contributed by atoms with Gasteiger partial charge in [-0.05, 0) is 49.5 Å². The predicted octanol–water partition coefficient (Wildman–Crippen LogP) is 6.04. The van der Waals surface area contributed by atoms with Gasteiger partial charge in [0.25, 0.3) is 5.69 Å². The zero-order valence-corrected chi connectivity index (χ0v) is 17.8. The molecule has 1 aromatic carbocycles. The molecular weight excluding hydrogens is 371 g/mol. The van der Waals surface area contributed by atoms with E-state index in [1.165, 1.54) is 5.56 Å². The fourth-order valence-electron chi connectivity index (χ4n) is 2.20. The molecule has 0 amide bonds. The average Bonchev–Trinajstić information content (AvgIpc) is 2.54. The average molecular weight is 397 g/mol. The van der Waals surface area contributed by atoms with Gasteiger partial charge in [0.15, 0.2) is 0 Å². The van der Waals surface area contributed by atoms with Crippen molar-refractivity contribution in [2.75, 3.05) is 6.61 Å². The van der Waals surface area contributed by atoms with Gasteiger partial charge in [-0.3, -0.25) is 0 Å². The molecule has 2 aromatic rings. The number of rotatable bonds is 8. The van der Waals surface area contributed by atoms with Crippen LogP contribution in [0.5, 0.6) is 5.88 Å². The van der Waals surface area contributed by atoms with Gasteiger partial charge >= 0.3 is 0 Å². The second-order valence-corrected chi connectivity index (χ2v) is 12.4. The van der Waals surface area contributed by atoms with Gasteiger partial charge in [0, 0.05) is 22.9 Å². The van der Waals surface area contributed by atoms with Crippen LogP contribution in [0, 0.1) is 6.92 Å². The van der Waals surface area contributed by atoms with E-state index in [4.69, 9.17) is 20.9 Å². The molecule has 1 heterocycles. The van der Waals surface area contributed by atoms with Crippen LogP contribution in [-0.4, -0.2) is 16.6 Å². The summed E-state index contributed by atoms with van der Waals surface area (Å²) < 4.78 is 12.0. The van der Waals surface area contributed by atoms with Crippen LogP contribution in [0.3, 0.4) is 0 Å². The van der Waals surface area contributed by atoms with E-state index in [1.807, 2.05) is 38.1 Å². The third kappa shape index (κ3) is 6.07. The van der Waals surface area contributed by atoms with Crippen molar-refractivity contribution in [2.45, 2.75) is 45.8 Å². The van der Waals surface area contributed by atoms with E-state index in [0.717, 1.165) is 11.5 Å². The predicted molar refractivity (Wildman–Crippen MR) is 110 cm³/mol. The van der Waals surface area contributed by atoms with Gasteiger partial charge in [-0.2, -0.15) is 4.98 Å². The number of benzene rings is 1. The molecule has 0 aliphatic carbocycles. The molecule has 4 nitrogen and oxygen atoms in total. The van der Waals surface area contributed by atoms with Gasteiger partial charge in [0.1, 0.15) is 5.82 Å². The maximum atomic E-state index is 6.12. The van der Waals surface area contributed by atoms with Crippen LogP contribution in [0.1, 0.15) is 55.9 Å². The molecule has 2 atom stereocenters. The molecule has 0 spiro atoms. The van der Waals surface area contributed by atoms with Crippen LogP contribution in [0.25, 0.3) is 0 Å². The largest absolute Gasteiger partial charge is 0.418 e. The lowest BCUT2D eigenvalue weighted by molar-refractivity contribution is 0.341. The Bertz CT molecular complexity index is 741. The number of nitrogens with zero attached hydrogens (tertiary/aromatic N) is 2. The Morgan fingerprint density at radius 3 is 2.44 bits per heavy atom. The van der Waals surface area contributed by atoms with Gasteiger partial charge in [-0.1, -0.05) is 44.2 Å². The molecule has 0 bridgehead atoms. The van der Waals surface area contributed by atoms with Crippen molar-refractivity contribution in [3.8, 4) is 5.88 Å². The molecule has 25 heavy (non-hydrogen) atoms. The molecule has 1 aromatic heterocycles. The first-order valence-electron chi connectivity index (χ1n) is 8.36. The zero-order valence-electron chi connectivity index (χ0n) is 15.3. The van der Waals surface area contributed by atoms with Crippen molar-refractivity contribution >= 4 is 28.9 Å². The van der Waals surface area contributed by atoms with Crippen molar-refractivity contribution < 1.29 is 9.05 Å². The lowest BCUT2D eigenvalue weighted by atomic mass is 10.2. The summed E-state index contributed by atoms with van der Waals surface area (Å²) in [5.74, 6) is 1.48. The molecule has 2 rings (SSSR count). The number of hydrogen-bond acceptors (Lipinski definition) is 6. The van der Waals surface area contributed by atoms with Crippen LogP contribution in [0.15, 0.2) is 36.4 Å². The van der Waals surface area contributed by atoms with Crippen LogP contribution in [0.4, 0.5) is 0 Å². The molecular formula is C18H25N2O2PS2. The molecule has 0 aliphatic heterocycles. The molecule has 0 N–H and O–H groups in total. The summed E-state index contributed by atoms with van der Waals surface area (Å²) in [5.41, 5.74) is -0.504. The fourth-order valence-corrected chi connectivity index (χ4v) is 7.75. The summed E-state index contributed by atoms with van der Waals surface area (Å²) >= 11 is 7.34. The van der Waals surface area contributed by atoms with Gasteiger partial charge in [0.2, 0.25) is 5.88 Å². The molecule has 0 fully saturated rings. The Morgan fingerprint density at radius 2 is 1.84 bits per heavy atom. The highest BCUT2D eigenvalue weighted by Gasteiger charge is 2.26. The van der Waals surface area contributed by atoms with E-state index in [2.05, 4.69) is 42.9 Å². The maximum Gasteiger partial charge on any atom is 0.299 e. The molecule has 7 heteroatoms. The Balaban J connectivity index is 2.23. The van der Waals surface area contributed by atoms with E-state index in [9.17, 15) is 0 Å². The number of aryl methyl sites for hydroxylation is 1. The highest BCUT2D eigenvalue weighted by atomic mass is 32.9. The molecule has 2 unspecified atom stereocenters. The minimum absolute atomic E-state index is 0.172. The number of hydrogen-bond donors (Lipinski definition) is 0. The van der Waals surface area contributed by atoms with E-state index < -0.39 is 5.69 Å². The van der Waals surface area contributed by atoms with Crippen LogP contribution < -0.4 is 4.52 Å². The van der Waals surface area contributed by atoms with Crippen LogP contribution in [0.2, 0.25) is 0 Å². The van der Waals surface area contributed by atoms with E-state index in [0.29, 0.717) is 12.5 Å². The molecule has 0 saturated carbocycles. The van der Waals surface area contributed by atoms with Crippen molar-refractivity contribution in [2.24, 2.45) is 0 Å². The normalized spacial score (nSPS) is 15.0. The second kappa shape index (κ2) is 9.13. The van der Waals surface area contributed by atoms with Crippen LogP contribution >= 0.6 is 17.1 Å². The SMILES string of the molecule is CCOP(=S)(Oc1cc(C)nc(C(C)C)n1)SC(C)c1ccccc1. The third-order valence-electron chi connectivity index (χ3n) is 3.41. The maximum absolute atomic E-state index is 6.12. The standard InChI is InChI=1S/C18H25N2O2PS2/c1-6-21-23(24,25-15(5)16-10-8-7-9-11-16)22-17-12-14(4)19-18(20-17)13(2)3/h7-13,15H,6H2,1-5H3. The fraction of sp³-hybridized carbons (Fsp3) is 0.444.